The number of rotatable bonds is 5. The molecule has 0 radical (unpaired) electrons. The number of nitrogens with one attached hydrogen (secondary N) is 1. The van der Waals surface area contributed by atoms with Crippen LogP contribution >= 0.6 is 23.2 Å². The van der Waals surface area contributed by atoms with E-state index in [0.717, 1.165) is 10.9 Å². The zero-order valence-electron chi connectivity index (χ0n) is 14.4. The molecular formula is C20H16Cl2N2O3. The highest BCUT2D eigenvalue weighted by Gasteiger charge is 2.14. The van der Waals surface area contributed by atoms with E-state index in [0.29, 0.717) is 21.3 Å². The summed E-state index contributed by atoms with van der Waals surface area (Å²) in [7, 11) is 0. The Morgan fingerprint density at radius 2 is 1.81 bits per heavy atom. The van der Waals surface area contributed by atoms with Crippen LogP contribution in [0.25, 0.3) is 10.9 Å². The molecule has 0 aliphatic rings. The Bertz CT molecular complexity index is 990. The van der Waals surface area contributed by atoms with Crippen molar-refractivity contribution >= 4 is 46.0 Å². The average Bonchev–Trinajstić information content (AvgIpc) is 2.66. The Balaban J connectivity index is 1.57. The van der Waals surface area contributed by atoms with Crippen LogP contribution in [-0.4, -0.2) is 23.5 Å². The molecule has 1 N–H and O–H groups in total. The predicted molar refractivity (Wildman–Crippen MR) is 105 cm³/mol. The number of halogens is 2. The lowest BCUT2D eigenvalue weighted by atomic mass is 10.1. The number of esters is 1. The summed E-state index contributed by atoms with van der Waals surface area (Å²) in [6, 6.07) is 15.3. The Labute approximate surface area is 166 Å². The average molecular weight is 403 g/mol. The molecule has 0 fully saturated rings. The molecule has 7 heteroatoms. The summed E-state index contributed by atoms with van der Waals surface area (Å²) in [5.41, 5.74) is 1.92. The van der Waals surface area contributed by atoms with Gasteiger partial charge in [-0.15, -0.1) is 0 Å². The van der Waals surface area contributed by atoms with E-state index in [2.05, 4.69) is 10.3 Å². The number of carbonyl (C=O) groups is 2. The molecule has 27 heavy (non-hydrogen) atoms. The SMILES string of the molecule is CC(NC(=O)COC(=O)c1ccc2nc(Cl)ccc2c1)c1ccc(Cl)cc1. The van der Waals surface area contributed by atoms with Crippen LogP contribution in [0.1, 0.15) is 28.9 Å². The van der Waals surface area contributed by atoms with Crippen molar-refractivity contribution in [3.8, 4) is 0 Å². The minimum atomic E-state index is -0.582. The van der Waals surface area contributed by atoms with Crippen LogP contribution in [0.4, 0.5) is 0 Å². The van der Waals surface area contributed by atoms with Crippen molar-refractivity contribution in [2.45, 2.75) is 13.0 Å². The predicted octanol–water partition coefficient (Wildman–Crippen LogP) is 4.58. The summed E-state index contributed by atoms with van der Waals surface area (Å²) >= 11 is 11.7. The van der Waals surface area contributed by atoms with Gasteiger partial charge in [0.1, 0.15) is 5.15 Å². The van der Waals surface area contributed by atoms with E-state index in [-0.39, 0.29) is 18.6 Å². The van der Waals surface area contributed by atoms with Crippen LogP contribution < -0.4 is 5.32 Å². The quantitative estimate of drug-likeness (QED) is 0.500. The normalized spacial score (nSPS) is 11.8. The third-order valence-corrected chi connectivity index (χ3v) is 4.44. The molecule has 0 saturated heterocycles. The minimum Gasteiger partial charge on any atom is -0.452 e. The molecule has 138 valence electrons. The minimum absolute atomic E-state index is 0.232. The molecule has 0 aliphatic heterocycles. The maximum atomic E-state index is 12.2. The van der Waals surface area contributed by atoms with Crippen LogP contribution in [0.5, 0.6) is 0 Å². The molecule has 3 rings (SSSR count). The number of nitrogens with zero attached hydrogens (tertiary/aromatic N) is 1. The first-order valence-corrected chi connectivity index (χ1v) is 8.96. The van der Waals surface area contributed by atoms with Gasteiger partial charge >= 0.3 is 5.97 Å². The van der Waals surface area contributed by atoms with E-state index in [1.54, 1.807) is 42.5 Å². The first-order chi connectivity index (χ1) is 12.9. The molecule has 5 nitrogen and oxygen atoms in total. The second kappa shape index (κ2) is 8.37. The number of hydrogen-bond donors (Lipinski definition) is 1. The third kappa shape index (κ3) is 4.96. The highest BCUT2D eigenvalue weighted by molar-refractivity contribution is 6.30. The molecule has 1 aromatic heterocycles. The fourth-order valence-corrected chi connectivity index (χ4v) is 2.84. The third-order valence-electron chi connectivity index (χ3n) is 3.97. The Morgan fingerprint density at radius 3 is 2.56 bits per heavy atom. The maximum absolute atomic E-state index is 12.2. The van der Waals surface area contributed by atoms with E-state index in [9.17, 15) is 9.59 Å². The summed E-state index contributed by atoms with van der Waals surface area (Å²) in [6.07, 6.45) is 0. The molecular weight excluding hydrogens is 387 g/mol. The van der Waals surface area contributed by atoms with Crippen LogP contribution in [0, 0.1) is 0 Å². The van der Waals surface area contributed by atoms with Gasteiger partial charge in [-0.05, 0) is 55.0 Å². The first kappa shape index (κ1) is 19.1. The van der Waals surface area contributed by atoms with E-state index >= 15 is 0 Å². The smallest absolute Gasteiger partial charge is 0.338 e. The topological polar surface area (TPSA) is 68.3 Å². The van der Waals surface area contributed by atoms with Crippen LogP contribution in [0.15, 0.2) is 54.6 Å². The summed E-state index contributed by atoms with van der Waals surface area (Å²) in [4.78, 5) is 28.4. The number of amides is 1. The number of fused-ring (bicyclic) bond motifs is 1. The Morgan fingerprint density at radius 1 is 1.07 bits per heavy atom. The number of aromatic nitrogens is 1. The summed E-state index contributed by atoms with van der Waals surface area (Å²) in [5.74, 6) is -0.971. The van der Waals surface area contributed by atoms with Gasteiger partial charge in [-0.2, -0.15) is 0 Å². The van der Waals surface area contributed by atoms with Gasteiger partial charge in [-0.3, -0.25) is 4.79 Å². The van der Waals surface area contributed by atoms with Crippen molar-refractivity contribution in [1.82, 2.24) is 10.3 Å². The standard InChI is InChI=1S/C20H16Cl2N2O3/c1-12(13-2-6-16(21)7-3-13)23-19(25)11-27-20(26)15-4-8-17-14(10-15)5-9-18(22)24-17/h2-10,12H,11H2,1H3,(H,23,25). The number of benzene rings is 2. The lowest BCUT2D eigenvalue weighted by Gasteiger charge is -2.14. The molecule has 0 bridgehead atoms. The number of carbonyl (C=O) groups excluding carboxylic acids is 2. The second-order valence-corrected chi connectivity index (χ2v) is 6.78. The first-order valence-electron chi connectivity index (χ1n) is 8.20. The van der Waals surface area contributed by atoms with Crippen molar-refractivity contribution in [1.29, 1.82) is 0 Å². The van der Waals surface area contributed by atoms with Gasteiger partial charge in [-0.25, -0.2) is 9.78 Å². The molecule has 0 spiro atoms. The van der Waals surface area contributed by atoms with Crippen molar-refractivity contribution in [2.75, 3.05) is 6.61 Å². The fourth-order valence-electron chi connectivity index (χ4n) is 2.56. The zero-order valence-corrected chi connectivity index (χ0v) is 15.9. The van der Waals surface area contributed by atoms with Crippen molar-refractivity contribution < 1.29 is 14.3 Å². The van der Waals surface area contributed by atoms with E-state index in [1.165, 1.54) is 0 Å². The van der Waals surface area contributed by atoms with Crippen molar-refractivity contribution in [3.05, 3.63) is 75.9 Å². The molecule has 1 heterocycles. The molecule has 0 saturated carbocycles. The molecule has 1 unspecified atom stereocenters. The van der Waals surface area contributed by atoms with Crippen LogP contribution in [0.3, 0.4) is 0 Å². The second-order valence-electron chi connectivity index (χ2n) is 5.96. The van der Waals surface area contributed by atoms with E-state index in [1.807, 2.05) is 19.1 Å². The fraction of sp³-hybridized carbons (Fsp3) is 0.150. The lowest BCUT2D eigenvalue weighted by Crippen LogP contribution is -2.31. The monoisotopic (exact) mass is 402 g/mol. The Kier molecular flexibility index (Phi) is 5.94. The van der Waals surface area contributed by atoms with Gasteiger partial charge in [0.05, 0.1) is 17.1 Å². The molecule has 1 amide bonds. The van der Waals surface area contributed by atoms with Gasteiger partial charge in [-0.1, -0.05) is 35.3 Å². The van der Waals surface area contributed by atoms with Crippen LogP contribution in [-0.2, 0) is 9.53 Å². The lowest BCUT2D eigenvalue weighted by molar-refractivity contribution is -0.124. The van der Waals surface area contributed by atoms with Gasteiger partial charge in [0, 0.05) is 10.4 Å². The molecule has 0 aliphatic carbocycles. The van der Waals surface area contributed by atoms with Gasteiger partial charge in [0.25, 0.3) is 5.91 Å². The van der Waals surface area contributed by atoms with E-state index in [4.69, 9.17) is 27.9 Å². The van der Waals surface area contributed by atoms with Gasteiger partial charge in [0.2, 0.25) is 0 Å². The van der Waals surface area contributed by atoms with Crippen molar-refractivity contribution in [2.24, 2.45) is 0 Å². The highest BCUT2D eigenvalue weighted by atomic mass is 35.5. The molecule has 2 aromatic carbocycles. The highest BCUT2D eigenvalue weighted by Crippen LogP contribution is 2.18. The van der Waals surface area contributed by atoms with Gasteiger partial charge < -0.3 is 10.1 Å². The van der Waals surface area contributed by atoms with Crippen LogP contribution in [0.2, 0.25) is 10.2 Å². The molecule has 1 atom stereocenters. The number of hydrogen-bond acceptors (Lipinski definition) is 4. The summed E-state index contributed by atoms with van der Waals surface area (Å²) in [5, 5.41) is 4.54. The van der Waals surface area contributed by atoms with Crippen molar-refractivity contribution in [3.63, 3.8) is 0 Å². The van der Waals surface area contributed by atoms with Gasteiger partial charge in [0.15, 0.2) is 6.61 Å². The molecule has 3 aromatic rings. The largest absolute Gasteiger partial charge is 0.452 e. The number of pyridine rings is 1. The maximum Gasteiger partial charge on any atom is 0.338 e. The zero-order chi connectivity index (χ0) is 19.4. The van der Waals surface area contributed by atoms with E-state index < -0.39 is 5.97 Å². The number of ether oxygens (including phenoxy) is 1. The Hall–Kier alpha value is -2.63. The summed E-state index contributed by atoms with van der Waals surface area (Å²) < 4.78 is 5.10. The summed E-state index contributed by atoms with van der Waals surface area (Å²) in [6.45, 7) is 1.47.